The second-order valence-electron chi connectivity index (χ2n) is 5.18. The van der Waals surface area contributed by atoms with Crippen molar-refractivity contribution in [1.29, 1.82) is 0 Å². The molecule has 0 saturated carbocycles. The number of rotatable bonds is 6. The Bertz CT molecular complexity index is 460. The summed E-state index contributed by atoms with van der Waals surface area (Å²) in [5, 5.41) is 11.1. The lowest BCUT2D eigenvalue weighted by molar-refractivity contribution is -0.386. The molecule has 0 aliphatic heterocycles. The van der Waals surface area contributed by atoms with Gasteiger partial charge in [-0.1, -0.05) is 19.9 Å². The molecule has 1 aromatic rings. The first-order valence-electron chi connectivity index (χ1n) is 6.36. The molecule has 19 heavy (non-hydrogen) atoms. The SMILES string of the molecule is Cc1cc(C)c(OCC(CS)C(C)C)c([N+](=O)[O-])c1. The summed E-state index contributed by atoms with van der Waals surface area (Å²) in [5.74, 6) is 1.80. The van der Waals surface area contributed by atoms with E-state index in [1.807, 2.05) is 19.9 Å². The standard InChI is InChI=1S/C14H21NO3S/c1-9(2)12(8-19)7-18-14-11(4)5-10(3)6-13(14)15(16)17/h5-6,9,12,19H,7-8H2,1-4H3. The van der Waals surface area contributed by atoms with Crippen LogP contribution in [-0.2, 0) is 0 Å². The molecule has 0 radical (unpaired) electrons. The van der Waals surface area contributed by atoms with Crippen LogP contribution in [0.25, 0.3) is 0 Å². The molecule has 0 aliphatic rings. The van der Waals surface area contributed by atoms with E-state index in [4.69, 9.17) is 4.74 Å². The summed E-state index contributed by atoms with van der Waals surface area (Å²) >= 11 is 4.30. The summed E-state index contributed by atoms with van der Waals surface area (Å²) in [6, 6.07) is 3.45. The van der Waals surface area contributed by atoms with Crippen molar-refractivity contribution in [2.24, 2.45) is 11.8 Å². The van der Waals surface area contributed by atoms with E-state index in [0.29, 0.717) is 24.0 Å². The first-order valence-corrected chi connectivity index (χ1v) is 6.99. The van der Waals surface area contributed by atoms with Crippen LogP contribution in [0, 0.1) is 35.8 Å². The Labute approximate surface area is 119 Å². The van der Waals surface area contributed by atoms with Crippen molar-refractivity contribution in [3.05, 3.63) is 33.4 Å². The fourth-order valence-electron chi connectivity index (χ4n) is 1.90. The molecule has 1 atom stereocenters. The zero-order chi connectivity index (χ0) is 14.6. The van der Waals surface area contributed by atoms with Crippen molar-refractivity contribution in [2.75, 3.05) is 12.4 Å². The van der Waals surface area contributed by atoms with Crippen molar-refractivity contribution in [2.45, 2.75) is 27.7 Å². The first-order chi connectivity index (χ1) is 8.86. The summed E-state index contributed by atoms with van der Waals surface area (Å²) < 4.78 is 5.71. The Balaban J connectivity index is 2.97. The highest BCUT2D eigenvalue weighted by atomic mass is 32.1. The normalized spacial score (nSPS) is 12.5. The van der Waals surface area contributed by atoms with Gasteiger partial charge in [0, 0.05) is 12.0 Å². The zero-order valence-corrected chi connectivity index (χ0v) is 12.7. The van der Waals surface area contributed by atoms with Crippen molar-refractivity contribution >= 4 is 18.3 Å². The van der Waals surface area contributed by atoms with Gasteiger partial charge in [-0.15, -0.1) is 0 Å². The van der Waals surface area contributed by atoms with Gasteiger partial charge >= 0.3 is 5.69 Å². The van der Waals surface area contributed by atoms with E-state index in [-0.39, 0.29) is 16.5 Å². The van der Waals surface area contributed by atoms with E-state index < -0.39 is 0 Å². The number of nitro benzene ring substituents is 1. The molecular weight excluding hydrogens is 262 g/mol. The fourth-order valence-corrected chi connectivity index (χ4v) is 2.43. The highest BCUT2D eigenvalue weighted by Crippen LogP contribution is 2.32. The molecule has 106 valence electrons. The smallest absolute Gasteiger partial charge is 0.311 e. The maximum atomic E-state index is 11.1. The number of ether oxygens (including phenoxy) is 1. The van der Waals surface area contributed by atoms with Crippen LogP contribution in [0.4, 0.5) is 5.69 Å². The van der Waals surface area contributed by atoms with Gasteiger partial charge < -0.3 is 4.74 Å². The third-order valence-electron chi connectivity index (χ3n) is 3.22. The summed E-state index contributed by atoms with van der Waals surface area (Å²) in [6.45, 7) is 8.32. The second-order valence-corrected chi connectivity index (χ2v) is 5.55. The van der Waals surface area contributed by atoms with Gasteiger partial charge in [0.1, 0.15) is 0 Å². The molecule has 0 aliphatic carbocycles. The molecule has 0 aromatic heterocycles. The fraction of sp³-hybridized carbons (Fsp3) is 0.571. The number of hydrogen-bond acceptors (Lipinski definition) is 4. The number of benzene rings is 1. The predicted molar refractivity (Wildman–Crippen MR) is 80.2 cm³/mol. The predicted octanol–water partition coefficient (Wildman–Crippen LogP) is 3.79. The Hall–Kier alpha value is -1.23. The van der Waals surface area contributed by atoms with Crippen LogP contribution >= 0.6 is 12.6 Å². The zero-order valence-electron chi connectivity index (χ0n) is 11.8. The number of nitrogens with zero attached hydrogens (tertiary/aromatic N) is 1. The van der Waals surface area contributed by atoms with Crippen LogP contribution in [0.15, 0.2) is 12.1 Å². The van der Waals surface area contributed by atoms with E-state index >= 15 is 0 Å². The van der Waals surface area contributed by atoms with E-state index in [0.717, 1.165) is 11.1 Å². The van der Waals surface area contributed by atoms with Crippen LogP contribution in [0.2, 0.25) is 0 Å². The molecule has 1 rings (SSSR count). The molecule has 1 unspecified atom stereocenters. The molecule has 5 heteroatoms. The van der Waals surface area contributed by atoms with Crippen molar-refractivity contribution in [3.63, 3.8) is 0 Å². The number of aryl methyl sites for hydroxylation is 2. The van der Waals surface area contributed by atoms with Crippen molar-refractivity contribution in [1.82, 2.24) is 0 Å². The minimum absolute atomic E-state index is 0.0409. The molecule has 1 aromatic carbocycles. The Kier molecular flexibility index (Phi) is 5.66. The first kappa shape index (κ1) is 15.8. The molecule has 0 heterocycles. The second kappa shape index (κ2) is 6.80. The third kappa shape index (κ3) is 4.13. The highest BCUT2D eigenvalue weighted by Gasteiger charge is 2.20. The van der Waals surface area contributed by atoms with Gasteiger partial charge in [0.15, 0.2) is 5.75 Å². The quantitative estimate of drug-likeness (QED) is 0.491. The molecule has 0 fully saturated rings. The van der Waals surface area contributed by atoms with Gasteiger partial charge in [0.2, 0.25) is 0 Å². The van der Waals surface area contributed by atoms with E-state index in [1.165, 1.54) is 0 Å². The monoisotopic (exact) mass is 283 g/mol. The van der Waals surface area contributed by atoms with Gasteiger partial charge in [-0.3, -0.25) is 10.1 Å². The van der Waals surface area contributed by atoms with Crippen molar-refractivity contribution in [3.8, 4) is 5.75 Å². The van der Waals surface area contributed by atoms with Crippen molar-refractivity contribution < 1.29 is 9.66 Å². The molecule has 0 amide bonds. The molecule has 0 spiro atoms. The number of thiol groups is 1. The highest BCUT2D eigenvalue weighted by molar-refractivity contribution is 7.80. The Morgan fingerprint density at radius 2 is 2.00 bits per heavy atom. The van der Waals surface area contributed by atoms with Gasteiger partial charge in [-0.05, 0) is 36.6 Å². The van der Waals surface area contributed by atoms with Crippen LogP contribution in [0.1, 0.15) is 25.0 Å². The molecule has 0 N–H and O–H groups in total. The van der Waals surface area contributed by atoms with E-state index in [9.17, 15) is 10.1 Å². The van der Waals surface area contributed by atoms with Crippen LogP contribution in [-0.4, -0.2) is 17.3 Å². The summed E-state index contributed by atoms with van der Waals surface area (Å²) in [5.41, 5.74) is 1.71. The summed E-state index contributed by atoms with van der Waals surface area (Å²) in [7, 11) is 0. The Morgan fingerprint density at radius 3 is 2.47 bits per heavy atom. The maximum Gasteiger partial charge on any atom is 0.311 e. The molecule has 0 bridgehead atoms. The lowest BCUT2D eigenvalue weighted by Gasteiger charge is -2.19. The maximum absolute atomic E-state index is 11.1. The van der Waals surface area contributed by atoms with Crippen LogP contribution in [0.5, 0.6) is 5.75 Å². The summed E-state index contributed by atoms with van der Waals surface area (Å²) in [4.78, 5) is 10.7. The number of nitro groups is 1. The lowest BCUT2D eigenvalue weighted by atomic mass is 9.99. The molecular formula is C14H21NO3S. The molecule has 4 nitrogen and oxygen atoms in total. The summed E-state index contributed by atoms with van der Waals surface area (Å²) in [6.07, 6.45) is 0. The topological polar surface area (TPSA) is 52.4 Å². The Morgan fingerprint density at radius 1 is 1.37 bits per heavy atom. The average molecular weight is 283 g/mol. The van der Waals surface area contributed by atoms with Gasteiger partial charge in [-0.2, -0.15) is 12.6 Å². The average Bonchev–Trinajstić information content (AvgIpc) is 2.30. The van der Waals surface area contributed by atoms with Gasteiger partial charge in [0.05, 0.1) is 11.5 Å². The number of hydrogen-bond donors (Lipinski definition) is 1. The van der Waals surface area contributed by atoms with Gasteiger partial charge in [-0.25, -0.2) is 0 Å². The van der Waals surface area contributed by atoms with Gasteiger partial charge in [0.25, 0.3) is 0 Å². The van der Waals surface area contributed by atoms with Crippen LogP contribution < -0.4 is 4.74 Å². The lowest BCUT2D eigenvalue weighted by Crippen LogP contribution is -2.20. The minimum Gasteiger partial charge on any atom is -0.486 e. The van der Waals surface area contributed by atoms with E-state index in [1.54, 1.807) is 6.07 Å². The third-order valence-corrected chi connectivity index (χ3v) is 3.68. The van der Waals surface area contributed by atoms with E-state index in [2.05, 4.69) is 26.5 Å². The molecule has 0 saturated heterocycles. The van der Waals surface area contributed by atoms with Crippen LogP contribution in [0.3, 0.4) is 0 Å². The minimum atomic E-state index is -0.388. The largest absolute Gasteiger partial charge is 0.486 e.